The van der Waals surface area contributed by atoms with Gasteiger partial charge in [-0.3, -0.25) is 10.1 Å². The highest BCUT2D eigenvalue weighted by molar-refractivity contribution is 7.90. The molecule has 2 N–H and O–H groups in total. The van der Waals surface area contributed by atoms with Crippen molar-refractivity contribution in [1.82, 2.24) is 0 Å². The van der Waals surface area contributed by atoms with Gasteiger partial charge in [-0.15, -0.1) is 0 Å². The fourth-order valence-corrected chi connectivity index (χ4v) is 2.27. The number of nitro groups is 1. The van der Waals surface area contributed by atoms with Gasteiger partial charge >= 0.3 is 5.69 Å². The molecule has 0 aromatic heterocycles. The van der Waals surface area contributed by atoms with Crippen molar-refractivity contribution in [3.05, 3.63) is 28.3 Å². The molecule has 0 aliphatic rings. The van der Waals surface area contributed by atoms with Crippen LogP contribution in [0.15, 0.2) is 23.1 Å². The van der Waals surface area contributed by atoms with Crippen LogP contribution in [-0.2, 0) is 9.84 Å². The molecule has 0 radical (unpaired) electrons. The number of aliphatic hydroxyl groups excluding tert-OH is 1. The molecule has 0 fully saturated rings. The molecule has 0 bridgehead atoms. The molecular formula is C10H14N2O5S. The number of aliphatic hydroxyl groups is 1. The van der Waals surface area contributed by atoms with E-state index in [1.165, 1.54) is 25.1 Å². The summed E-state index contributed by atoms with van der Waals surface area (Å²) >= 11 is 0. The Labute approximate surface area is 105 Å². The fraction of sp³-hybridized carbons (Fsp3) is 0.400. The molecular weight excluding hydrogens is 260 g/mol. The summed E-state index contributed by atoms with van der Waals surface area (Å²) in [6, 6.07) is 3.99. The van der Waals surface area contributed by atoms with Gasteiger partial charge in [0.05, 0.1) is 11.0 Å². The zero-order valence-electron chi connectivity index (χ0n) is 9.95. The number of rotatable bonds is 5. The van der Waals surface area contributed by atoms with Crippen LogP contribution < -0.4 is 5.32 Å². The van der Waals surface area contributed by atoms with Crippen molar-refractivity contribution in [3.8, 4) is 0 Å². The molecule has 1 aromatic carbocycles. The first-order chi connectivity index (χ1) is 8.23. The molecule has 0 amide bonds. The average Bonchev–Trinajstić information content (AvgIpc) is 2.24. The lowest BCUT2D eigenvalue weighted by molar-refractivity contribution is -0.386. The fourth-order valence-electron chi connectivity index (χ4n) is 1.41. The van der Waals surface area contributed by atoms with Crippen LogP contribution in [0.25, 0.3) is 0 Å². The van der Waals surface area contributed by atoms with Gasteiger partial charge in [0.2, 0.25) is 0 Å². The second kappa shape index (κ2) is 5.32. The Bertz CT molecular complexity index is 553. The Morgan fingerprint density at radius 2 is 2.11 bits per heavy atom. The number of para-hydroxylation sites is 1. The van der Waals surface area contributed by atoms with Gasteiger partial charge in [0.25, 0.3) is 0 Å². The van der Waals surface area contributed by atoms with E-state index in [4.69, 9.17) is 5.11 Å². The van der Waals surface area contributed by atoms with E-state index in [2.05, 4.69) is 5.32 Å². The lowest BCUT2D eigenvalue weighted by Gasteiger charge is -2.10. The van der Waals surface area contributed by atoms with Crippen LogP contribution in [0.5, 0.6) is 0 Å². The highest BCUT2D eigenvalue weighted by Crippen LogP contribution is 2.31. The molecule has 100 valence electrons. The van der Waals surface area contributed by atoms with Crippen LogP contribution in [0.3, 0.4) is 0 Å². The van der Waals surface area contributed by atoms with Crippen LogP contribution in [0, 0.1) is 10.1 Å². The van der Waals surface area contributed by atoms with E-state index in [1.807, 2.05) is 0 Å². The summed E-state index contributed by atoms with van der Waals surface area (Å²) in [5.74, 6) is 0. The number of nitrogens with one attached hydrogen (secondary N) is 1. The van der Waals surface area contributed by atoms with Crippen molar-refractivity contribution in [1.29, 1.82) is 0 Å². The van der Waals surface area contributed by atoms with Gasteiger partial charge in [-0.25, -0.2) is 8.42 Å². The van der Waals surface area contributed by atoms with Gasteiger partial charge < -0.3 is 10.4 Å². The van der Waals surface area contributed by atoms with Crippen LogP contribution in [-0.4, -0.2) is 37.4 Å². The molecule has 0 spiro atoms. The molecule has 1 unspecified atom stereocenters. The molecule has 0 saturated carbocycles. The SMILES string of the molecule is CC(O)CNc1cccc(S(C)(=O)=O)c1[N+](=O)[O-]. The Morgan fingerprint density at radius 1 is 1.50 bits per heavy atom. The van der Waals surface area contributed by atoms with E-state index >= 15 is 0 Å². The van der Waals surface area contributed by atoms with Gasteiger partial charge in [0.15, 0.2) is 9.84 Å². The molecule has 1 aromatic rings. The van der Waals surface area contributed by atoms with E-state index in [1.54, 1.807) is 0 Å². The predicted molar refractivity (Wildman–Crippen MR) is 66.4 cm³/mol. The third-order valence-corrected chi connectivity index (χ3v) is 3.30. The first-order valence-corrected chi connectivity index (χ1v) is 7.02. The van der Waals surface area contributed by atoms with Crippen LogP contribution in [0.4, 0.5) is 11.4 Å². The first kappa shape index (κ1) is 14.4. The van der Waals surface area contributed by atoms with Gasteiger partial charge in [0.1, 0.15) is 10.6 Å². The molecule has 1 atom stereocenters. The summed E-state index contributed by atoms with van der Waals surface area (Å²) in [7, 11) is -3.68. The zero-order valence-corrected chi connectivity index (χ0v) is 10.8. The third kappa shape index (κ3) is 3.41. The van der Waals surface area contributed by atoms with Gasteiger partial charge in [-0.2, -0.15) is 0 Å². The molecule has 8 heteroatoms. The van der Waals surface area contributed by atoms with Crippen molar-refractivity contribution >= 4 is 21.2 Å². The normalized spacial score (nSPS) is 13.1. The monoisotopic (exact) mass is 274 g/mol. The van der Waals surface area contributed by atoms with Crippen molar-refractivity contribution in [2.24, 2.45) is 0 Å². The van der Waals surface area contributed by atoms with Crippen molar-refractivity contribution in [2.45, 2.75) is 17.9 Å². The Hall–Kier alpha value is -1.67. The maximum atomic E-state index is 11.5. The van der Waals surface area contributed by atoms with Crippen molar-refractivity contribution in [2.75, 3.05) is 18.1 Å². The Kier molecular flexibility index (Phi) is 4.25. The Balaban J connectivity index is 3.31. The first-order valence-electron chi connectivity index (χ1n) is 5.13. The highest BCUT2D eigenvalue weighted by Gasteiger charge is 2.25. The summed E-state index contributed by atoms with van der Waals surface area (Å²) in [4.78, 5) is 9.88. The lowest BCUT2D eigenvalue weighted by Crippen LogP contribution is -2.16. The van der Waals surface area contributed by atoms with Gasteiger partial charge in [-0.1, -0.05) is 6.07 Å². The van der Waals surface area contributed by atoms with E-state index < -0.39 is 26.6 Å². The van der Waals surface area contributed by atoms with E-state index in [0.29, 0.717) is 0 Å². The zero-order chi connectivity index (χ0) is 13.9. The highest BCUT2D eigenvalue weighted by atomic mass is 32.2. The third-order valence-electron chi connectivity index (χ3n) is 2.17. The Morgan fingerprint density at radius 3 is 2.56 bits per heavy atom. The largest absolute Gasteiger partial charge is 0.392 e. The standard InChI is InChI=1S/C10H14N2O5S/c1-7(13)6-11-8-4-3-5-9(18(2,16)17)10(8)12(14)15/h3-5,7,11,13H,6H2,1-2H3. The van der Waals surface area contributed by atoms with Crippen LogP contribution >= 0.6 is 0 Å². The van der Waals surface area contributed by atoms with E-state index in [9.17, 15) is 18.5 Å². The summed E-state index contributed by atoms with van der Waals surface area (Å²) in [6.07, 6.45) is 0.208. The summed E-state index contributed by atoms with van der Waals surface area (Å²) < 4.78 is 22.9. The molecule has 18 heavy (non-hydrogen) atoms. The second-order valence-electron chi connectivity index (χ2n) is 3.91. The lowest BCUT2D eigenvalue weighted by atomic mass is 10.2. The molecule has 7 nitrogen and oxygen atoms in total. The van der Waals surface area contributed by atoms with Gasteiger partial charge in [-0.05, 0) is 19.1 Å². The molecule has 0 saturated heterocycles. The maximum absolute atomic E-state index is 11.5. The summed E-state index contributed by atoms with van der Waals surface area (Å²) in [6.45, 7) is 1.60. The topological polar surface area (TPSA) is 110 Å². The minimum atomic E-state index is -3.68. The number of hydrogen-bond acceptors (Lipinski definition) is 6. The second-order valence-corrected chi connectivity index (χ2v) is 5.90. The number of nitro benzene ring substituents is 1. The maximum Gasteiger partial charge on any atom is 0.310 e. The molecule has 0 aliphatic heterocycles. The molecule has 0 aliphatic carbocycles. The van der Waals surface area contributed by atoms with E-state index in [-0.39, 0.29) is 17.1 Å². The predicted octanol–water partition coefficient (Wildman–Crippen LogP) is 0.791. The smallest absolute Gasteiger partial charge is 0.310 e. The number of benzene rings is 1. The minimum absolute atomic E-state index is 0.0730. The number of anilines is 1. The van der Waals surface area contributed by atoms with Crippen molar-refractivity contribution in [3.63, 3.8) is 0 Å². The number of nitrogens with zero attached hydrogens (tertiary/aromatic N) is 1. The summed E-state index contributed by atoms with van der Waals surface area (Å²) in [5, 5.41) is 22.7. The van der Waals surface area contributed by atoms with Crippen LogP contribution in [0.2, 0.25) is 0 Å². The van der Waals surface area contributed by atoms with E-state index in [0.717, 1.165) is 6.26 Å². The number of hydrogen-bond donors (Lipinski definition) is 2. The quantitative estimate of drug-likeness (QED) is 0.607. The summed E-state index contributed by atoms with van der Waals surface area (Å²) in [5.41, 5.74) is -0.426. The number of sulfone groups is 1. The van der Waals surface area contributed by atoms with Gasteiger partial charge in [0, 0.05) is 12.8 Å². The molecule has 1 rings (SSSR count). The molecule has 0 heterocycles. The average molecular weight is 274 g/mol. The van der Waals surface area contributed by atoms with Crippen molar-refractivity contribution < 1.29 is 18.4 Å². The van der Waals surface area contributed by atoms with Crippen LogP contribution in [0.1, 0.15) is 6.92 Å². The minimum Gasteiger partial charge on any atom is -0.392 e.